The fourth-order valence-corrected chi connectivity index (χ4v) is 6.43. The van der Waals surface area contributed by atoms with E-state index in [1.807, 2.05) is 0 Å². The second-order valence-electron chi connectivity index (χ2n) is 8.25. The van der Waals surface area contributed by atoms with E-state index in [1.165, 1.54) is 6.20 Å². The highest BCUT2D eigenvalue weighted by Crippen LogP contribution is 2.66. The summed E-state index contributed by atoms with van der Waals surface area (Å²) >= 11 is 0. The van der Waals surface area contributed by atoms with Crippen LogP contribution in [-0.2, 0) is 36.4 Å². The van der Waals surface area contributed by atoms with E-state index < -0.39 is 59.3 Å². The predicted molar refractivity (Wildman–Crippen MR) is 133 cm³/mol. The summed E-state index contributed by atoms with van der Waals surface area (Å²) in [5.74, 6) is 4.67. The number of hydrogen-bond donors (Lipinski definition) is 7. The SMILES string of the molecule is NCCCCCC(=O)NCC#Cc1cc([N+](=O)[O-])n([C@H]2C[C@@H](O)[C@@H](COP(=O)(O)OP(=O)(O)OP(=O)(O)O)O2)c1. The van der Waals surface area contributed by atoms with E-state index in [-0.39, 0.29) is 24.4 Å². The molecule has 19 nitrogen and oxygen atoms in total. The van der Waals surface area contributed by atoms with Gasteiger partial charge in [-0.1, -0.05) is 18.3 Å². The van der Waals surface area contributed by atoms with Crippen molar-refractivity contribution in [2.75, 3.05) is 19.7 Å². The molecule has 226 valence electrons. The number of phosphoric acid groups is 3. The molecule has 0 saturated carbocycles. The van der Waals surface area contributed by atoms with Crippen LogP contribution in [0.25, 0.3) is 0 Å². The first kappa shape index (κ1) is 34.2. The molecule has 8 N–H and O–H groups in total. The maximum absolute atomic E-state index is 11.9. The standard InChI is InChI=1S/C18H29N4O15P3/c19-7-3-1-2-6-16(24)20-8-4-5-13-9-17(22(25)26)21(11-13)18-10-14(23)15(35-18)12-34-39(30,31)37-40(32,33)36-38(27,28)29/h9,11,14-15,18,23H,1-3,6-8,10,12,19H2,(H,20,24)(H,30,31)(H,32,33)(H2,27,28,29)/t14-,15-,18-/m1/s1. The van der Waals surface area contributed by atoms with Crippen molar-refractivity contribution in [1.82, 2.24) is 9.88 Å². The van der Waals surface area contributed by atoms with Gasteiger partial charge >= 0.3 is 29.3 Å². The molecule has 40 heavy (non-hydrogen) atoms. The van der Waals surface area contributed by atoms with Crippen LogP contribution in [0, 0.1) is 22.0 Å². The quantitative estimate of drug-likeness (QED) is 0.0451. The molecule has 2 unspecified atom stereocenters. The molecule has 1 fully saturated rings. The van der Waals surface area contributed by atoms with Gasteiger partial charge in [0.25, 0.3) is 0 Å². The fraction of sp³-hybridized carbons (Fsp3) is 0.611. The first-order valence-corrected chi connectivity index (χ1v) is 16.0. The summed E-state index contributed by atoms with van der Waals surface area (Å²) in [5, 5.41) is 24.4. The van der Waals surface area contributed by atoms with Crippen molar-refractivity contribution in [2.45, 2.75) is 50.5 Å². The number of carbonyl (C=O) groups is 1. The number of aromatic nitrogens is 1. The number of nitro groups is 1. The van der Waals surface area contributed by atoms with E-state index >= 15 is 0 Å². The zero-order valence-corrected chi connectivity index (χ0v) is 23.4. The van der Waals surface area contributed by atoms with E-state index in [2.05, 4.69) is 30.3 Å². The van der Waals surface area contributed by atoms with Gasteiger partial charge in [-0.25, -0.2) is 18.3 Å². The van der Waals surface area contributed by atoms with E-state index in [9.17, 15) is 43.5 Å². The molecule has 0 aromatic carbocycles. The molecule has 1 aliphatic heterocycles. The van der Waals surface area contributed by atoms with Gasteiger partial charge < -0.3 is 50.6 Å². The van der Waals surface area contributed by atoms with Crippen LogP contribution in [-0.4, -0.2) is 72.0 Å². The van der Waals surface area contributed by atoms with Crippen molar-refractivity contribution < 1.29 is 66.0 Å². The van der Waals surface area contributed by atoms with Crippen LogP contribution < -0.4 is 11.1 Å². The van der Waals surface area contributed by atoms with Gasteiger partial charge in [0.05, 0.1) is 30.9 Å². The molecule has 0 bridgehead atoms. The lowest BCUT2D eigenvalue weighted by atomic mass is 10.2. The average Bonchev–Trinajstić information content (AvgIpc) is 3.39. The summed E-state index contributed by atoms with van der Waals surface area (Å²) in [4.78, 5) is 58.4. The lowest BCUT2D eigenvalue weighted by molar-refractivity contribution is -0.393. The zero-order chi connectivity index (χ0) is 30.1. The second kappa shape index (κ2) is 14.8. The van der Waals surface area contributed by atoms with Crippen LogP contribution >= 0.6 is 23.5 Å². The highest BCUT2D eigenvalue weighted by molar-refractivity contribution is 7.66. The van der Waals surface area contributed by atoms with Crippen LogP contribution in [0.4, 0.5) is 5.82 Å². The van der Waals surface area contributed by atoms with Gasteiger partial charge in [0, 0.05) is 12.8 Å². The Morgan fingerprint density at radius 1 is 1.20 bits per heavy atom. The number of ether oxygens (including phenoxy) is 1. The van der Waals surface area contributed by atoms with Gasteiger partial charge in [0.15, 0.2) is 0 Å². The molecule has 2 rings (SSSR count). The Morgan fingerprint density at radius 3 is 2.52 bits per heavy atom. The second-order valence-corrected chi connectivity index (χ2v) is 12.7. The maximum Gasteiger partial charge on any atom is 0.490 e. The number of aliphatic hydroxyl groups excluding tert-OH is 1. The molecule has 1 amide bonds. The molecular formula is C18H29N4O15P3. The van der Waals surface area contributed by atoms with E-state index in [4.69, 9.17) is 20.3 Å². The van der Waals surface area contributed by atoms with Gasteiger partial charge in [-0.05, 0) is 24.3 Å². The number of amides is 1. The zero-order valence-electron chi connectivity index (χ0n) is 20.7. The lowest BCUT2D eigenvalue weighted by Gasteiger charge is -2.18. The van der Waals surface area contributed by atoms with Gasteiger partial charge in [0.2, 0.25) is 12.1 Å². The third-order valence-electron chi connectivity index (χ3n) is 5.06. The Balaban J connectivity index is 1.99. The minimum absolute atomic E-state index is 0.00395. The summed E-state index contributed by atoms with van der Waals surface area (Å²) in [5.41, 5.74) is 5.59. The van der Waals surface area contributed by atoms with Crippen LogP contribution in [0.2, 0.25) is 0 Å². The molecule has 1 aromatic heterocycles. The molecule has 2 heterocycles. The van der Waals surface area contributed by atoms with Crippen LogP contribution in [0.5, 0.6) is 0 Å². The molecule has 1 aliphatic rings. The smallest absolute Gasteiger partial charge is 0.390 e. The molecule has 1 aromatic rings. The van der Waals surface area contributed by atoms with Gasteiger partial charge in [-0.3, -0.25) is 9.32 Å². The highest BCUT2D eigenvalue weighted by atomic mass is 31.3. The highest BCUT2D eigenvalue weighted by Gasteiger charge is 2.44. The van der Waals surface area contributed by atoms with Crippen molar-refractivity contribution in [2.24, 2.45) is 5.73 Å². The van der Waals surface area contributed by atoms with Crippen LogP contribution in [0.15, 0.2) is 12.3 Å². The third-order valence-corrected chi connectivity index (χ3v) is 8.86. The number of nitrogens with zero attached hydrogens (tertiary/aromatic N) is 2. The van der Waals surface area contributed by atoms with Gasteiger partial charge in [-0.15, -0.1) is 0 Å². The number of nitrogens with two attached hydrogens (primary N) is 1. The Labute approximate surface area is 227 Å². The third kappa shape index (κ3) is 11.9. The summed E-state index contributed by atoms with van der Waals surface area (Å²) in [6.07, 6.45) is -0.276. The van der Waals surface area contributed by atoms with Crippen molar-refractivity contribution in [3.05, 3.63) is 27.9 Å². The van der Waals surface area contributed by atoms with Gasteiger partial charge in [0.1, 0.15) is 12.3 Å². The van der Waals surface area contributed by atoms with Crippen LogP contribution in [0.3, 0.4) is 0 Å². The number of unbranched alkanes of at least 4 members (excludes halogenated alkanes) is 2. The number of hydrogen-bond acceptors (Lipinski definition) is 12. The number of carbonyl (C=O) groups excluding carboxylic acids is 1. The summed E-state index contributed by atoms with van der Waals surface area (Å²) in [7, 11) is -16.8. The minimum atomic E-state index is -5.74. The summed E-state index contributed by atoms with van der Waals surface area (Å²) in [6.45, 7) is -0.391. The first-order chi connectivity index (χ1) is 18.5. The number of rotatable bonds is 15. The van der Waals surface area contributed by atoms with Crippen molar-refractivity contribution in [3.8, 4) is 11.8 Å². The summed E-state index contributed by atoms with van der Waals surface area (Å²) < 4.78 is 52.2. The number of nitrogens with one attached hydrogen (secondary N) is 1. The monoisotopic (exact) mass is 634 g/mol. The Kier molecular flexibility index (Phi) is 12.6. The van der Waals surface area contributed by atoms with E-state index in [1.54, 1.807) is 0 Å². The Morgan fingerprint density at radius 2 is 1.90 bits per heavy atom. The normalized spacial score (nSPS) is 22.1. The minimum Gasteiger partial charge on any atom is -0.390 e. The summed E-state index contributed by atoms with van der Waals surface area (Å²) in [6, 6.07) is 1.14. The lowest BCUT2D eigenvalue weighted by Crippen LogP contribution is -2.26. The first-order valence-electron chi connectivity index (χ1n) is 11.5. The van der Waals surface area contributed by atoms with Crippen molar-refractivity contribution in [1.29, 1.82) is 0 Å². The predicted octanol–water partition coefficient (Wildman–Crippen LogP) is 0.375. The number of aliphatic hydroxyl groups is 1. The van der Waals surface area contributed by atoms with E-state index in [0.717, 1.165) is 23.5 Å². The molecule has 1 saturated heterocycles. The van der Waals surface area contributed by atoms with Crippen molar-refractivity contribution in [3.63, 3.8) is 0 Å². The molecule has 22 heteroatoms. The molecule has 5 atom stereocenters. The van der Waals surface area contributed by atoms with Crippen molar-refractivity contribution >= 4 is 35.2 Å². The maximum atomic E-state index is 11.9. The fourth-order valence-electron chi connectivity index (χ4n) is 3.40. The molecule has 0 aliphatic carbocycles. The Hall–Kier alpha value is -2.00. The topological polar surface area (TPSA) is 292 Å². The van der Waals surface area contributed by atoms with E-state index in [0.29, 0.717) is 19.4 Å². The number of phosphoric ester groups is 1. The largest absolute Gasteiger partial charge is 0.490 e. The molecule has 0 spiro atoms. The van der Waals surface area contributed by atoms with Crippen LogP contribution in [0.1, 0.15) is 43.9 Å². The molecular weight excluding hydrogens is 605 g/mol. The Bertz CT molecular complexity index is 1250. The molecule has 0 radical (unpaired) electrons. The average molecular weight is 634 g/mol. The van der Waals surface area contributed by atoms with Gasteiger partial charge in [-0.2, -0.15) is 8.62 Å².